The molecule has 4 amide bonds. The fourth-order valence-electron chi connectivity index (χ4n) is 5.29. The summed E-state index contributed by atoms with van der Waals surface area (Å²) in [5, 5.41) is 11.9. The van der Waals surface area contributed by atoms with E-state index in [9.17, 15) is 19.2 Å². The Morgan fingerprint density at radius 2 is 1.73 bits per heavy atom. The largest absolute Gasteiger partial charge is 0.491 e. The van der Waals surface area contributed by atoms with E-state index in [4.69, 9.17) is 21.1 Å². The number of hydrogen-bond donors (Lipinski definition) is 4. The number of benzene rings is 2. The van der Waals surface area contributed by atoms with Crippen LogP contribution in [0, 0.1) is 5.92 Å². The van der Waals surface area contributed by atoms with Gasteiger partial charge < -0.3 is 35.6 Å². The Labute approximate surface area is 269 Å². The summed E-state index contributed by atoms with van der Waals surface area (Å²) in [4.78, 5) is 55.3. The Bertz CT molecular complexity index is 1330. The van der Waals surface area contributed by atoms with Crippen LogP contribution in [0.25, 0.3) is 0 Å². The highest BCUT2D eigenvalue weighted by molar-refractivity contribution is 6.31. The lowest BCUT2D eigenvalue weighted by Crippen LogP contribution is -2.49. The summed E-state index contributed by atoms with van der Waals surface area (Å²) in [6, 6.07) is 10.1. The number of piperidine rings is 1. The molecule has 1 fully saturated rings. The van der Waals surface area contributed by atoms with Crippen molar-refractivity contribution in [3.63, 3.8) is 0 Å². The van der Waals surface area contributed by atoms with Crippen molar-refractivity contribution >= 4 is 35.2 Å². The Morgan fingerprint density at radius 1 is 0.978 bits per heavy atom. The first-order valence-corrected chi connectivity index (χ1v) is 16.1. The van der Waals surface area contributed by atoms with Gasteiger partial charge in [0, 0.05) is 24.5 Å². The predicted octanol–water partition coefficient (Wildman–Crippen LogP) is 3.16. The molecule has 2 heterocycles. The average molecular weight is 642 g/mol. The molecule has 12 heteroatoms. The molecule has 4 N–H and O–H groups in total. The topological polar surface area (TPSA) is 138 Å². The molecule has 1 saturated heterocycles. The maximum Gasteiger partial charge on any atom is 0.255 e. The highest BCUT2D eigenvalue weighted by atomic mass is 35.5. The van der Waals surface area contributed by atoms with E-state index in [2.05, 4.69) is 26.2 Å². The monoisotopic (exact) mass is 641 g/mol. The van der Waals surface area contributed by atoms with Gasteiger partial charge in [-0.1, -0.05) is 44.0 Å². The van der Waals surface area contributed by atoms with E-state index in [-0.39, 0.29) is 67.5 Å². The molecule has 2 aromatic carbocycles. The van der Waals surface area contributed by atoms with Gasteiger partial charge in [-0.15, -0.1) is 0 Å². The zero-order valence-corrected chi connectivity index (χ0v) is 26.8. The van der Waals surface area contributed by atoms with Crippen LogP contribution in [0.15, 0.2) is 42.5 Å². The number of amides is 4. The fraction of sp³-hybridized carbons (Fsp3) is 0.515. The van der Waals surface area contributed by atoms with Crippen molar-refractivity contribution in [3.05, 3.63) is 58.6 Å². The second kappa shape index (κ2) is 17.0. The minimum Gasteiger partial charge on any atom is -0.491 e. The van der Waals surface area contributed by atoms with E-state index < -0.39 is 17.9 Å². The number of para-hydroxylation sites is 1. The molecule has 0 saturated carbocycles. The van der Waals surface area contributed by atoms with Crippen LogP contribution in [-0.2, 0) is 9.59 Å². The second-order valence-corrected chi connectivity index (χ2v) is 12.2. The lowest BCUT2D eigenvalue weighted by Gasteiger charge is -2.27. The van der Waals surface area contributed by atoms with Gasteiger partial charge in [0.25, 0.3) is 11.8 Å². The molecule has 244 valence electrons. The normalized spacial score (nSPS) is 20.8. The lowest BCUT2D eigenvalue weighted by molar-refractivity contribution is -0.124. The predicted molar refractivity (Wildman–Crippen MR) is 172 cm³/mol. The van der Waals surface area contributed by atoms with Gasteiger partial charge in [-0.2, -0.15) is 0 Å². The smallest absolute Gasteiger partial charge is 0.255 e. The number of halogens is 1. The van der Waals surface area contributed by atoms with E-state index in [1.54, 1.807) is 36.4 Å². The summed E-state index contributed by atoms with van der Waals surface area (Å²) in [6.07, 6.45) is 3.63. The molecule has 2 aromatic rings. The molecule has 45 heavy (non-hydrogen) atoms. The molecule has 0 unspecified atom stereocenters. The van der Waals surface area contributed by atoms with Gasteiger partial charge in [-0.3, -0.25) is 19.2 Å². The summed E-state index contributed by atoms with van der Waals surface area (Å²) in [6.45, 7) is 7.45. The van der Waals surface area contributed by atoms with Crippen molar-refractivity contribution in [2.45, 2.75) is 58.0 Å². The van der Waals surface area contributed by atoms with Gasteiger partial charge in [-0.05, 0) is 68.6 Å². The SMILES string of the molecule is CC(C)[C@@H]1COc2ccc(Cl)cc2C(=O)NCCOc2ccccc2C(=O)N[C@H](C(=O)NCCN2CCCCC2)CCC(=O)N1. The Balaban J connectivity index is 1.53. The van der Waals surface area contributed by atoms with E-state index in [0.717, 1.165) is 32.5 Å². The summed E-state index contributed by atoms with van der Waals surface area (Å²) < 4.78 is 11.9. The maximum absolute atomic E-state index is 13.4. The van der Waals surface area contributed by atoms with Crippen LogP contribution in [0.4, 0.5) is 0 Å². The van der Waals surface area contributed by atoms with Crippen molar-refractivity contribution in [3.8, 4) is 11.5 Å². The van der Waals surface area contributed by atoms with Crippen molar-refractivity contribution in [2.75, 3.05) is 45.9 Å². The fourth-order valence-corrected chi connectivity index (χ4v) is 5.46. The zero-order chi connectivity index (χ0) is 32.2. The van der Waals surface area contributed by atoms with E-state index in [0.29, 0.717) is 23.1 Å². The number of nitrogens with zero attached hydrogens (tertiary/aromatic N) is 1. The number of fused-ring (bicyclic) bond motifs is 2. The molecule has 2 aliphatic rings. The van der Waals surface area contributed by atoms with Gasteiger partial charge >= 0.3 is 0 Å². The van der Waals surface area contributed by atoms with Crippen LogP contribution in [0.2, 0.25) is 5.02 Å². The molecular weight excluding hydrogens is 598 g/mol. The minimum absolute atomic E-state index is 0.000456. The molecule has 11 nitrogen and oxygen atoms in total. The van der Waals surface area contributed by atoms with Crippen LogP contribution < -0.4 is 30.7 Å². The average Bonchev–Trinajstić information content (AvgIpc) is 3.03. The van der Waals surface area contributed by atoms with Crippen molar-refractivity contribution in [1.29, 1.82) is 0 Å². The highest BCUT2D eigenvalue weighted by Gasteiger charge is 2.26. The first-order chi connectivity index (χ1) is 21.7. The van der Waals surface area contributed by atoms with Crippen LogP contribution in [0.3, 0.4) is 0 Å². The molecular formula is C33H44ClN5O6. The zero-order valence-electron chi connectivity index (χ0n) is 26.0. The summed E-state index contributed by atoms with van der Waals surface area (Å²) in [5.41, 5.74) is 0.492. The lowest BCUT2D eigenvalue weighted by atomic mass is 10.0. The molecule has 4 rings (SSSR count). The van der Waals surface area contributed by atoms with Gasteiger partial charge in [0.15, 0.2) is 0 Å². The van der Waals surface area contributed by atoms with Crippen molar-refractivity contribution in [1.82, 2.24) is 26.2 Å². The van der Waals surface area contributed by atoms with E-state index >= 15 is 0 Å². The van der Waals surface area contributed by atoms with Gasteiger partial charge in [-0.25, -0.2) is 0 Å². The standard InChI is InChI=1S/C33H44ClN5O6/c1-22(2)27-21-45-29-12-10-23(34)20-25(29)31(41)36-15-19-44-28-9-5-4-8-24(28)32(42)38-26(11-13-30(40)37-27)33(43)35-14-18-39-16-6-3-7-17-39/h4-5,8-10,12,20,22,26-27H,3,6-7,11,13-19,21H2,1-2H3,(H,35,43)(H,36,41)(H,37,40)(H,38,42)/t26-,27-/m0/s1. The number of likely N-dealkylation sites (tertiary alicyclic amines) is 1. The maximum atomic E-state index is 13.4. The third kappa shape index (κ3) is 10.4. The quantitative estimate of drug-likeness (QED) is 0.394. The Hall–Kier alpha value is -3.83. The minimum atomic E-state index is -0.940. The van der Waals surface area contributed by atoms with E-state index in [1.807, 2.05) is 13.8 Å². The van der Waals surface area contributed by atoms with Crippen LogP contribution >= 0.6 is 11.6 Å². The molecule has 0 aromatic heterocycles. The van der Waals surface area contributed by atoms with Crippen LogP contribution in [0.5, 0.6) is 11.5 Å². The Morgan fingerprint density at radius 3 is 2.51 bits per heavy atom. The third-order valence-electron chi connectivity index (χ3n) is 7.99. The molecule has 0 spiro atoms. The van der Waals surface area contributed by atoms with Crippen molar-refractivity contribution in [2.24, 2.45) is 5.92 Å². The van der Waals surface area contributed by atoms with Gasteiger partial charge in [0.1, 0.15) is 30.8 Å². The van der Waals surface area contributed by atoms with Crippen LogP contribution in [0.1, 0.15) is 66.7 Å². The third-order valence-corrected chi connectivity index (χ3v) is 8.23. The number of carbonyl (C=O) groups excluding carboxylic acids is 4. The summed E-state index contributed by atoms with van der Waals surface area (Å²) in [7, 11) is 0. The number of hydrogen-bond acceptors (Lipinski definition) is 7. The molecule has 0 radical (unpaired) electrons. The molecule has 0 bridgehead atoms. The number of nitrogens with one attached hydrogen (secondary N) is 4. The second-order valence-electron chi connectivity index (χ2n) is 11.7. The molecule has 0 aliphatic carbocycles. The van der Waals surface area contributed by atoms with Crippen molar-refractivity contribution < 1.29 is 28.7 Å². The number of ether oxygens (including phenoxy) is 2. The molecule has 2 atom stereocenters. The van der Waals surface area contributed by atoms with Gasteiger partial charge in [0.2, 0.25) is 11.8 Å². The first-order valence-electron chi connectivity index (χ1n) is 15.7. The first kappa shape index (κ1) is 34.1. The van der Waals surface area contributed by atoms with E-state index in [1.165, 1.54) is 12.5 Å². The summed E-state index contributed by atoms with van der Waals surface area (Å²) in [5.74, 6) is -0.893. The summed E-state index contributed by atoms with van der Waals surface area (Å²) >= 11 is 6.18. The molecule has 2 aliphatic heterocycles. The number of carbonyl (C=O) groups is 4. The highest BCUT2D eigenvalue weighted by Crippen LogP contribution is 2.24. The van der Waals surface area contributed by atoms with Gasteiger partial charge in [0.05, 0.1) is 23.7 Å². The van der Waals surface area contributed by atoms with Crippen LogP contribution in [-0.4, -0.2) is 86.5 Å². The Kier molecular flexibility index (Phi) is 12.9. The number of rotatable bonds is 5.